The second kappa shape index (κ2) is 4.82. The lowest BCUT2D eigenvalue weighted by atomic mass is 9.98. The van der Waals surface area contributed by atoms with Gasteiger partial charge in [-0.2, -0.15) is 5.10 Å². The van der Waals surface area contributed by atoms with Gasteiger partial charge in [0.25, 0.3) is 0 Å². The number of nitrogens with one attached hydrogen (secondary N) is 1. The molecule has 0 fully saturated rings. The molecule has 4 nitrogen and oxygen atoms in total. The third-order valence-electron chi connectivity index (χ3n) is 2.77. The summed E-state index contributed by atoms with van der Waals surface area (Å²) in [6.07, 6.45) is 2.38. The minimum Gasteiger partial charge on any atom is -0.369 e. The van der Waals surface area contributed by atoms with E-state index in [1.54, 1.807) is 6.20 Å². The average Bonchev–Trinajstić information content (AvgIpc) is 2.82. The van der Waals surface area contributed by atoms with Crippen molar-refractivity contribution in [1.82, 2.24) is 10.2 Å². The Morgan fingerprint density at radius 3 is 2.94 bits per heavy atom. The predicted molar refractivity (Wildman–Crippen MR) is 66.1 cm³/mol. The number of amides is 1. The van der Waals surface area contributed by atoms with Gasteiger partial charge in [0.05, 0.1) is 5.69 Å². The molecular formula is C13H15N3O. The number of aromatic amines is 1. The predicted octanol–water partition coefficient (Wildman–Crippen LogP) is 1.74. The van der Waals surface area contributed by atoms with Crippen LogP contribution in [0.5, 0.6) is 0 Å². The van der Waals surface area contributed by atoms with E-state index >= 15 is 0 Å². The molecule has 4 heteroatoms. The molecule has 2 aromatic rings. The number of nitrogens with two attached hydrogens (primary N) is 1. The lowest BCUT2D eigenvalue weighted by molar-refractivity contribution is -0.121. The van der Waals surface area contributed by atoms with Crippen LogP contribution in [0, 0.1) is 5.92 Å². The molecule has 0 radical (unpaired) electrons. The lowest BCUT2D eigenvalue weighted by Crippen LogP contribution is -2.22. The lowest BCUT2D eigenvalue weighted by Gasteiger charge is -2.08. The first-order valence-corrected chi connectivity index (χ1v) is 5.55. The van der Waals surface area contributed by atoms with Crippen LogP contribution in [0.2, 0.25) is 0 Å². The van der Waals surface area contributed by atoms with Crippen LogP contribution in [0.25, 0.3) is 11.3 Å². The highest BCUT2D eigenvalue weighted by Crippen LogP contribution is 2.19. The fourth-order valence-electron chi connectivity index (χ4n) is 1.74. The maximum Gasteiger partial charge on any atom is 0.220 e. The molecule has 0 spiro atoms. The molecule has 0 saturated carbocycles. The third-order valence-corrected chi connectivity index (χ3v) is 2.77. The fraction of sp³-hybridized carbons (Fsp3) is 0.231. The molecule has 0 saturated heterocycles. The molecule has 0 bridgehead atoms. The second-order valence-corrected chi connectivity index (χ2v) is 4.18. The SMILES string of the molecule is CC(Cc1cccc(-c2ccn[nH]2)c1)C(N)=O. The van der Waals surface area contributed by atoms with Crippen molar-refractivity contribution in [3.05, 3.63) is 42.1 Å². The van der Waals surface area contributed by atoms with Gasteiger partial charge in [0.2, 0.25) is 5.91 Å². The van der Waals surface area contributed by atoms with Crippen LogP contribution >= 0.6 is 0 Å². The number of hydrogen-bond acceptors (Lipinski definition) is 2. The smallest absolute Gasteiger partial charge is 0.220 e. The molecule has 0 aliphatic rings. The molecule has 3 N–H and O–H groups in total. The van der Waals surface area contributed by atoms with Crippen molar-refractivity contribution in [3.8, 4) is 11.3 Å². The topological polar surface area (TPSA) is 71.8 Å². The highest BCUT2D eigenvalue weighted by atomic mass is 16.1. The van der Waals surface area contributed by atoms with Crippen LogP contribution in [0.1, 0.15) is 12.5 Å². The summed E-state index contributed by atoms with van der Waals surface area (Å²) in [6.45, 7) is 1.84. The Labute approximate surface area is 99.8 Å². The summed E-state index contributed by atoms with van der Waals surface area (Å²) in [4.78, 5) is 11.0. The first kappa shape index (κ1) is 11.4. The van der Waals surface area contributed by atoms with Gasteiger partial charge in [-0.3, -0.25) is 9.89 Å². The van der Waals surface area contributed by atoms with E-state index in [1.165, 1.54) is 0 Å². The summed E-state index contributed by atoms with van der Waals surface area (Å²) in [5.74, 6) is -0.413. The maximum absolute atomic E-state index is 11.0. The average molecular weight is 229 g/mol. The summed E-state index contributed by atoms with van der Waals surface area (Å²) >= 11 is 0. The van der Waals surface area contributed by atoms with Crippen LogP contribution in [-0.4, -0.2) is 16.1 Å². The summed E-state index contributed by atoms with van der Waals surface area (Å²) in [6, 6.07) is 9.94. The van der Waals surface area contributed by atoms with Crippen molar-refractivity contribution in [3.63, 3.8) is 0 Å². The molecule has 1 aromatic heterocycles. The number of nitrogens with zero attached hydrogens (tertiary/aromatic N) is 1. The molecule has 1 heterocycles. The van der Waals surface area contributed by atoms with E-state index in [4.69, 9.17) is 5.73 Å². The highest BCUT2D eigenvalue weighted by Gasteiger charge is 2.10. The summed E-state index contributed by atoms with van der Waals surface area (Å²) in [7, 11) is 0. The van der Waals surface area contributed by atoms with Crippen molar-refractivity contribution < 1.29 is 4.79 Å². The summed E-state index contributed by atoms with van der Waals surface area (Å²) in [5, 5.41) is 6.83. The third kappa shape index (κ3) is 2.72. The number of H-pyrrole nitrogens is 1. The van der Waals surface area contributed by atoms with Crippen LogP contribution in [0.4, 0.5) is 0 Å². The van der Waals surface area contributed by atoms with Crippen LogP contribution in [0.3, 0.4) is 0 Å². The second-order valence-electron chi connectivity index (χ2n) is 4.18. The van der Waals surface area contributed by atoms with Crippen LogP contribution in [-0.2, 0) is 11.2 Å². The Kier molecular flexibility index (Phi) is 3.23. The zero-order valence-corrected chi connectivity index (χ0v) is 9.68. The monoisotopic (exact) mass is 229 g/mol. The number of carbonyl (C=O) groups excluding carboxylic acids is 1. The Balaban J connectivity index is 2.20. The number of benzene rings is 1. The van der Waals surface area contributed by atoms with E-state index in [0.29, 0.717) is 6.42 Å². The molecule has 88 valence electrons. The van der Waals surface area contributed by atoms with E-state index in [2.05, 4.69) is 10.2 Å². The molecule has 0 aliphatic carbocycles. The van der Waals surface area contributed by atoms with E-state index < -0.39 is 0 Å². The standard InChI is InChI=1S/C13H15N3O/c1-9(13(14)17)7-10-3-2-4-11(8-10)12-5-6-15-16-12/h2-6,8-9H,7H2,1H3,(H2,14,17)(H,15,16). The number of primary amides is 1. The Bertz CT molecular complexity index is 505. The van der Waals surface area contributed by atoms with Gasteiger partial charge in [0.15, 0.2) is 0 Å². The zero-order chi connectivity index (χ0) is 12.3. The Hall–Kier alpha value is -2.10. The molecule has 1 amide bonds. The van der Waals surface area contributed by atoms with Crippen molar-refractivity contribution in [2.45, 2.75) is 13.3 Å². The van der Waals surface area contributed by atoms with Gasteiger partial charge in [0.1, 0.15) is 0 Å². The largest absolute Gasteiger partial charge is 0.369 e. The van der Waals surface area contributed by atoms with Gasteiger partial charge in [-0.1, -0.05) is 25.1 Å². The Morgan fingerprint density at radius 1 is 1.47 bits per heavy atom. The Morgan fingerprint density at radius 2 is 2.29 bits per heavy atom. The van der Waals surface area contributed by atoms with Crippen molar-refractivity contribution >= 4 is 5.91 Å². The van der Waals surface area contributed by atoms with Gasteiger partial charge in [-0.25, -0.2) is 0 Å². The number of hydrogen-bond donors (Lipinski definition) is 2. The normalized spacial score (nSPS) is 12.3. The molecule has 2 rings (SSSR count). The molecule has 1 aromatic carbocycles. The maximum atomic E-state index is 11.0. The van der Waals surface area contributed by atoms with E-state index in [0.717, 1.165) is 16.8 Å². The van der Waals surface area contributed by atoms with E-state index in [-0.39, 0.29) is 11.8 Å². The van der Waals surface area contributed by atoms with Crippen LogP contribution in [0.15, 0.2) is 36.5 Å². The van der Waals surface area contributed by atoms with E-state index in [1.807, 2.05) is 37.3 Å². The van der Waals surface area contributed by atoms with Gasteiger partial charge in [-0.15, -0.1) is 0 Å². The van der Waals surface area contributed by atoms with Crippen LogP contribution < -0.4 is 5.73 Å². The molecule has 1 atom stereocenters. The van der Waals surface area contributed by atoms with E-state index in [9.17, 15) is 4.79 Å². The van der Waals surface area contributed by atoms with Gasteiger partial charge < -0.3 is 5.73 Å². The number of rotatable bonds is 4. The molecule has 17 heavy (non-hydrogen) atoms. The van der Waals surface area contributed by atoms with Crippen molar-refractivity contribution in [2.24, 2.45) is 11.7 Å². The quantitative estimate of drug-likeness (QED) is 0.838. The number of aromatic nitrogens is 2. The minimum absolute atomic E-state index is 0.146. The van der Waals surface area contributed by atoms with Gasteiger partial charge >= 0.3 is 0 Å². The molecule has 0 aliphatic heterocycles. The summed E-state index contributed by atoms with van der Waals surface area (Å²) in [5.41, 5.74) is 8.40. The zero-order valence-electron chi connectivity index (χ0n) is 9.68. The van der Waals surface area contributed by atoms with Gasteiger partial charge in [-0.05, 0) is 29.7 Å². The highest BCUT2D eigenvalue weighted by molar-refractivity contribution is 5.76. The van der Waals surface area contributed by atoms with Crippen molar-refractivity contribution in [1.29, 1.82) is 0 Å². The fourth-order valence-corrected chi connectivity index (χ4v) is 1.74. The first-order valence-electron chi connectivity index (χ1n) is 5.55. The molecule has 1 unspecified atom stereocenters. The summed E-state index contributed by atoms with van der Waals surface area (Å²) < 4.78 is 0. The molecular weight excluding hydrogens is 214 g/mol. The van der Waals surface area contributed by atoms with Gasteiger partial charge in [0, 0.05) is 12.1 Å². The first-order chi connectivity index (χ1) is 8.16. The number of carbonyl (C=O) groups is 1. The minimum atomic E-state index is -0.267. The van der Waals surface area contributed by atoms with Crippen molar-refractivity contribution in [2.75, 3.05) is 0 Å².